The van der Waals surface area contributed by atoms with Crippen LogP contribution in [0.15, 0.2) is 0 Å². The van der Waals surface area contributed by atoms with E-state index in [1.807, 2.05) is 13.1 Å². The van der Waals surface area contributed by atoms with E-state index in [2.05, 4.69) is 0 Å². The number of hydrogen-bond acceptors (Lipinski definition) is 6. The SMILES string of the molecule is CO[Si](C)(C)O[Si](C)(OC)O[Si](C)(O)OC. The van der Waals surface area contributed by atoms with Gasteiger partial charge in [-0.25, -0.2) is 0 Å². The van der Waals surface area contributed by atoms with Gasteiger partial charge in [-0.1, -0.05) is 0 Å². The zero-order valence-electron chi connectivity index (χ0n) is 11.0. The molecule has 0 heterocycles. The summed E-state index contributed by atoms with van der Waals surface area (Å²) in [6, 6.07) is 0. The van der Waals surface area contributed by atoms with Gasteiger partial charge in [-0.05, 0) is 13.1 Å². The van der Waals surface area contributed by atoms with Gasteiger partial charge in [0.2, 0.25) is 0 Å². The Bertz CT molecular complexity index is 204. The van der Waals surface area contributed by atoms with Gasteiger partial charge >= 0.3 is 26.2 Å². The Balaban J connectivity index is 4.67. The third-order valence-electron chi connectivity index (χ3n) is 2.05. The fourth-order valence-electron chi connectivity index (χ4n) is 0.978. The fourth-order valence-corrected chi connectivity index (χ4v) is 9.18. The quantitative estimate of drug-likeness (QED) is 0.698. The summed E-state index contributed by atoms with van der Waals surface area (Å²) in [6.45, 7) is 6.98. The smallest absolute Gasteiger partial charge is 0.398 e. The van der Waals surface area contributed by atoms with Gasteiger partial charge in [0, 0.05) is 34.4 Å². The molecule has 2 atom stereocenters. The van der Waals surface area contributed by atoms with E-state index in [1.54, 1.807) is 13.7 Å². The standard InChI is InChI=1S/C7H22O6Si3/c1-9-14(4,5)12-16(7,11-3)13-15(6,8)10-2/h8H,1-7H3. The maximum Gasteiger partial charge on any atom is 0.487 e. The highest BCUT2D eigenvalue weighted by Crippen LogP contribution is 2.20. The van der Waals surface area contributed by atoms with Crippen LogP contribution in [0.2, 0.25) is 26.2 Å². The molecule has 9 heteroatoms. The predicted molar refractivity (Wildman–Crippen MR) is 66.1 cm³/mol. The summed E-state index contributed by atoms with van der Waals surface area (Å²) in [6.07, 6.45) is 0. The summed E-state index contributed by atoms with van der Waals surface area (Å²) < 4.78 is 26.7. The van der Waals surface area contributed by atoms with Gasteiger partial charge in [0.1, 0.15) is 0 Å². The lowest BCUT2D eigenvalue weighted by Gasteiger charge is -2.35. The minimum absolute atomic E-state index is 1.40. The normalized spacial score (nSPS) is 20.2. The predicted octanol–water partition coefficient (Wildman–Crippen LogP) is 0.790. The summed E-state index contributed by atoms with van der Waals surface area (Å²) in [5.41, 5.74) is 0. The van der Waals surface area contributed by atoms with E-state index in [1.165, 1.54) is 20.8 Å². The summed E-state index contributed by atoms with van der Waals surface area (Å²) >= 11 is 0. The highest BCUT2D eigenvalue weighted by atomic mass is 28.5. The molecule has 0 aromatic carbocycles. The van der Waals surface area contributed by atoms with E-state index in [0.717, 1.165) is 0 Å². The van der Waals surface area contributed by atoms with Crippen molar-refractivity contribution in [2.75, 3.05) is 21.3 Å². The molecule has 1 N–H and O–H groups in total. The largest absolute Gasteiger partial charge is 0.487 e. The molecule has 0 aliphatic carbocycles. The molecule has 0 saturated heterocycles. The van der Waals surface area contributed by atoms with Gasteiger partial charge < -0.3 is 26.3 Å². The monoisotopic (exact) mass is 286 g/mol. The summed E-state index contributed by atoms with van der Waals surface area (Å²) in [4.78, 5) is 9.80. The minimum Gasteiger partial charge on any atom is -0.398 e. The van der Waals surface area contributed by atoms with Gasteiger partial charge in [0.05, 0.1) is 0 Å². The van der Waals surface area contributed by atoms with Crippen molar-refractivity contribution in [3.63, 3.8) is 0 Å². The van der Waals surface area contributed by atoms with Crippen LogP contribution in [0.3, 0.4) is 0 Å². The molecule has 2 unspecified atom stereocenters. The molecular formula is C7H22O6Si3. The van der Waals surface area contributed by atoms with Crippen molar-refractivity contribution in [3.8, 4) is 0 Å². The molecule has 6 nitrogen and oxygen atoms in total. The zero-order chi connectivity index (χ0) is 13.0. The van der Waals surface area contributed by atoms with Crippen LogP contribution in [-0.2, 0) is 21.5 Å². The van der Waals surface area contributed by atoms with Crippen LogP contribution in [0.25, 0.3) is 0 Å². The molecular weight excluding hydrogens is 264 g/mol. The van der Waals surface area contributed by atoms with E-state index < -0.39 is 26.2 Å². The Hall–Kier alpha value is 0.411. The molecule has 16 heavy (non-hydrogen) atoms. The third kappa shape index (κ3) is 5.65. The molecule has 0 amide bonds. The molecule has 0 rings (SSSR count). The molecule has 0 aliphatic heterocycles. The molecule has 98 valence electrons. The van der Waals surface area contributed by atoms with E-state index in [-0.39, 0.29) is 0 Å². The average Bonchev–Trinajstić information content (AvgIpc) is 2.16. The van der Waals surface area contributed by atoms with Crippen LogP contribution >= 0.6 is 0 Å². The first-order valence-corrected chi connectivity index (χ1v) is 12.2. The summed E-state index contributed by atoms with van der Waals surface area (Å²) in [5, 5.41) is 0. The minimum atomic E-state index is -3.17. The lowest BCUT2D eigenvalue weighted by Crippen LogP contribution is -2.58. The Morgan fingerprint density at radius 1 is 0.750 bits per heavy atom. The van der Waals surface area contributed by atoms with Gasteiger partial charge in [0.25, 0.3) is 0 Å². The zero-order valence-corrected chi connectivity index (χ0v) is 14.0. The topological polar surface area (TPSA) is 66.4 Å². The molecule has 0 saturated carbocycles. The highest BCUT2D eigenvalue weighted by Gasteiger charge is 2.48. The van der Waals surface area contributed by atoms with Crippen molar-refractivity contribution in [1.82, 2.24) is 0 Å². The van der Waals surface area contributed by atoms with Crippen LogP contribution < -0.4 is 0 Å². The van der Waals surface area contributed by atoms with E-state index >= 15 is 0 Å². The third-order valence-corrected chi connectivity index (χ3v) is 11.0. The van der Waals surface area contributed by atoms with Crippen LogP contribution in [0.5, 0.6) is 0 Å². The van der Waals surface area contributed by atoms with Crippen LogP contribution in [0, 0.1) is 0 Å². The van der Waals surface area contributed by atoms with Crippen molar-refractivity contribution in [2.45, 2.75) is 26.2 Å². The first-order valence-electron chi connectivity index (χ1n) is 4.88. The maximum atomic E-state index is 9.80. The second-order valence-corrected chi connectivity index (χ2v) is 13.2. The summed E-state index contributed by atoms with van der Waals surface area (Å²) in [7, 11) is -3.88. The number of hydrogen-bond donors (Lipinski definition) is 1. The fraction of sp³-hybridized carbons (Fsp3) is 1.00. The molecule has 0 aromatic heterocycles. The maximum absolute atomic E-state index is 9.80. The lowest BCUT2D eigenvalue weighted by atomic mass is 11.8. The first-order chi connectivity index (χ1) is 7.10. The molecule has 0 aromatic rings. The van der Waals surface area contributed by atoms with Crippen molar-refractivity contribution in [1.29, 1.82) is 0 Å². The van der Waals surface area contributed by atoms with Crippen molar-refractivity contribution in [2.24, 2.45) is 0 Å². The van der Waals surface area contributed by atoms with Gasteiger partial charge in [-0.3, -0.25) is 0 Å². The van der Waals surface area contributed by atoms with Gasteiger partial charge in [-0.15, -0.1) is 0 Å². The van der Waals surface area contributed by atoms with Crippen molar-refractivity contribution >= 4 is 26.2 Å². The number of rotatable bonds is 7. The van der Waals surface area contributed by atoms with E-state index in [9.17, 15) is 4.80 Å². The van der Waals surface area contributed by atoms with E-state index in [4.69, 9.17) is 21.5 Å². The van der Waals surface area contributed by atoms with Crippen molar-refractivity contribution < 1.29 is 26.3 Å². The first kappa shape index (κ1) is 16.4. The average molecular weight is 287 g/mol. The van der Waals surface area contributed by atoms with Crippen molar-refractivity contribution in [3.05, 3.63) is 0 Å². The lowest BCUT2D eigenvalue weighted by molar-refractivity contribution is 0.121. The second kappa shape index (κ2) is 5.84. The Kier molecular flexibility index (Phi) is 5.99. The van der Waals surface area contributed by atoms with Crippen LogP contribution in [0.4, 0.5) is 0 Å². The second-order valence-electron chi connectivity index (χ2n) is 3.98. The van der Waals surface area contributed by atoms with Crippen LogP contribution in [0.1, 0.15) is 0 Å². The molecule has 0 aliphatic rings. The molecule has 0 radical (unpaired) electrons. The molecule has 0 fully saturated rings. The molecule has 0 bridgehead atoms. The highest BCUT2D eigenvalue weighted by molar-refractivity contribution is 6.80. The molecule has 0 spiro atoms. The van der Waals surface area contributed by atoms with Gasteiger partial charge in [0.15, 0.2) is 0 Å². The van der Waals surface area contributed by atoms with Crippen LogP contribution in [-0.4, -0.2) is 52.3 Å². The summed E-state index contributed by atoms with van der Waals surface area (Å²) in [5.74, 6) is 0. The Labute approximate surface area is 100 Å². The Morgan fingerprint density at radius 3 is 1.56 bits per heavy atom. The van der Waals surface area contributed by atoms with E-state index in [0.29, 0.717) is 0 Å². The Morgan fingerprint density at radius 2 is 1.25 bits per heavy atom. The van der Waals surface area contributed by atoms with Gasteiger partial charge in [-0.2, -0.15) is 0 Å².